The Morgan fingerprint density at radius 2 is 1.81 bits per heavy atom. The van der Waals surface area contributed by atoms with Gasteiger partial charge < -0.3 is 14.8 Å². The van der Waals surface area contributed by atoms with E-state index in [2.05, 4.69) is 10.4 Å². The number of nitrogens with zero attached hydrogens (tertiary/aromatic N) is 2. The van der Waals surface area contributed by atoms with E-state index in [9.17, 15) is 4.79 Å². The van der Waals surface area contributed by atoms with Crippen LogP contribution < -0.4 is 14.8 Å². The van der Waals surface area contributed by atoms with Crippen LogP contribution in [0.25, 0.3) is 11.3 Å². The number of hydrogen-bond donors (Lipinski definition) is 1. The van der Waals surface area contributed by atoms with Crippen LogP contribution in [0.2, 0.25) is 10.0 Å². The number of ether oxygens (including phenoxy) is 2. The fourth-order valence-corrected chi connectivity index (χ4v) is 3.28. The maximum absolute atomic E-state index is 12.9. The van der Waals surface area contributed by atoms with Crippen LogP contribution in [0.15, 0.2) is 42.6 Å². The molecule has 6 nitrogen and oxygen atoms in total. The smallest absolute Gasteiger partial charge is 0.259 e. The van der Waals surface area contributed by atoms with E-state index in [4.69, 9.17) is 32.7 Å². The second kappa shape index (κ2) is 7.13. The van der Waals surface area contributed by atoms with Crippen molar-refractivity contribution in [3.05, 3.63) is 58.2 Å². The van der Waals surface area contributed by atoms with Gasteiger partial charge in [-0.05, 0) is 6.07 Å². The quantitative estimate of drug-likeness (QED) is 0.702. The fourth-order valence-electron chi connectivity index (χ4n) is 2.86. The number of anilines is 1. The highest BCUT2D eigenvalue weighted by atomic mass is 35.5. The molecule has 0 saturated carbocycles. The van der Waals surface area contributed by atoms with Gasteiger partial charge in [0.1, 0.15) is 18.9 Å². The molecule has 27 heavy (non-hydrogen) atoms. The van der Waals surface area contributed by atoms with Gasteiger partial charge in [-0.25, -0.2) is 0 Å². The van der Waals surface area contributed by atoms with Gasteiger partial charge >= 0.3 is 0 Å². The Morgan fingerprint density at radius 1 is 1.11 bits per heavy atom. The van der Waals surface area contributed by atoms with Gasteiger partial charge in [0, 0.05) is 30.9 Å². The lowest BCUT2D eigenvalue weighted by atomic mass is 10.1. The monoisotopic (exact) mass is 403 g/mol. The van der Waals surface area contributed by atoms with Crippen LogP contribution in [0.4, 0.5) is 5.69 Å². The van der Waals surface area contributed by atoms with Crippen LogP contribution in [0.5, 0.6) is 11.5 Å². The summed E-state index contributed by atoms with van der Waals surface area (Å²) < 4.78 is 12.6. The molecular formula is C19H15Cl2N3O3. The van der Waals surface area contributed by atoms with Crippen LogP contribution in [-0.4, -0.2) is 28.9 Å². The number of rotatable bonds is 3. The molecule has 4 rings (SSSR count). The lowest BCUT2D eigenvalue weighted by Crippen LogP contribution is -2.17. The number of halogens is 2. The van der Waals surface area contributed by atoms with Crippen molar-refractivity contribution in [2.24, 2.45) is 7.05 Å². The highest BCUT2D eigenvalue weighted by Crippen LogP contribution is 2.38. The Labute approximate surface area is 165 Å². The van der Waals surface area contributed by atoms with Crippen molar-refractivity contribution in [1.29, 1.82) is 0 Å². The van der Waals surface area contributed by atoms with E-state index in [1.165, 1.54) is 0 Å². The first-order valence-electron chi connectivity index (χ1n) is 8.22. The third-order valence-electron chi connectivity index (χ3n) is 4.08. The molecule has 1 aliphatic heterocycles. The molecule has 0 aliphatic carbocycles. The van der Waals surface area contributed by atoms with E-state index in [1.807, 2.05) is 18.2 Å². The van der Waals surface area contributed by atoms with Crippen LogP contribution in [-0.2, 0) is 7.05 Å². The third kappa shape index (κ3) is 3.46. The molecule has 0 fully saturated rings. The molecule has 2 heterocycles. The number of carbonyl (C=O) groups is 1. The Hall–Kier alpha value is -2.70. The molecule has 3 aromatic rings. The lowest BCUT2D eigenvalue weighted by Gasteiger charge is -2.20. The average Bonchev–Trinajstić information content (AvgIpc) is 3.04. The summed E-state index contributed by atoms with van der Waals surface area (Å²) >= 11 is 12.6. The summed E-state index contributed by atoms with van der Waals surface area (Å²) in [6, 6.07) is 10.5. The Balaban J connectivity index is 1.68. The Morgan fingerprint density at radius 3 is 2.56 bits per heavy atom. The van der Waals surface area contributed by atoms with Crippen molar-refractivity contribution < 1.29 is 14.3 Å². The maximum atomic E-state index is 12.9. The Kier molecular flexibility index (Phi) is 4.68. The summed E-state index contributed by atoms with van der Waals surface area (Å²) in [5.74, 6) is 0.748. The molecule has 0 atom stereocenters. The zero-order valence-corrected chi connectivity index (χ0v) is 15.8. The highest BCUT2D eigenvalue weighted by molar-refractivity contribution is 6.34. The third-order valence-corrected chi connectivity index (χ3v) is 4.72. The van der Waals surface area contributed by atoms with E-state index in [1.54, 1.807) is 36.1 Å². The van der Waals surface area contributed by atoms with Crippen LogP contribution >= 0.6 is 23.2 Å². The SMILES string of the molecule is Cn1cc(C(=O)Nc2cc3c(cc2Cl)OCCO3)c(-c2ccccc2Cl)n1. The van der Waals surface area contributed by atoms with Crippen LogP contribution in [0, 0.1) is 0 Å². The minimum Gasteiger partial charge on any atom is -0.486 e. The molecule has 0 radical (unpaired) electrons. The number of aromatic nitrogens is 2. The van der Waals surface area contributed by atoms with Crippen LogP contribution in [0.3, 0.4) is 0 Å². The number of benzene rings is 2. The van der Waals surface area contributed by atoms with E-state index in [-0.39, 0.29) is 5.91 Å². The van der Waals surface area contributed by atoms with Gasteiger partial charge in [-0.15, -0.1) is 0 Å². The summed E-state index contributed by atoms with van der Waals surface area (Å²) in [7, 11) is 1.74. The zero-order chi connectivity index (χ0) is 19.0. The van der Waals surface area contributed by atoms with Gasteiger partial charge in [-0.1, -0.05) is 41.4 Å². The van der Waals surface area contributed by atoms with Crippen molar-refractivity contribution in [1.82, 2.24) is 9.78 Å². The van der Waals surface area contributed by atoms with Crippen molar-refractivity contribution in [3.63, 3.8) is 0 Å². The van der Waals surface area contributed by atoms with Crippen molar-refractivity contribution in [3.8, 4) is 22.8 Å². The van der Waals surface area contributed by atoms with Crippen molar-refractivity contribution in [2.75, 3.05) is 18.5 Å². The van der Waals surface area contributed by atoms with E-state index >= 15 is 0 Å². The van der Waals surface area contributed by atoms with E-state index in [0.717, 1.165) is 0 Å². The summed E-state index contributed by atoms with van der Waals surface area (Å²) in [4.78, 5) is 12.9. The summed E-state index contributed by atoms with van der Waals surface area (Å²) in [5, 5.41) is 8.08. The molecule has 1 N–H and O–H groups in total. The molecule has 1 aliphatic rings. The largest absolute Gasteiger partial charge is 0.486 e. The van der Waals surface area contributed by atoms with Gasteiger partial charge in [0.2, 0.25) is 0 Å². The minimum atomic E-state index is -0.350. The molecule has 0 spiro atoms. The van der Waals surface area contributed by atoms with E-state index in [0.29, 0.717) is 57.3 Å². The summed E-state index contributed by atoms with van der Waals surface area (Å²) in [6.07, 6.45) is 1.64. The standard InChI is InChI=1S/C19H15Cl2N3O3/c1-24-10-12(18(23-24)11-4-2-3-5-13(11)20)19(25)22-15-9-17-16(8-14(15)21)26-6-7-27-17/h2-5,8-10H,6-7H2,1H3,(H,22,25). The molecule has 0 saturated heterocycles. The predicted molar refractivity (Wildman–Crippen MR) is 104 cm³/mol. The molecule has 138 valence electrons. The molecule has 0 bridgehead atoms. The first-order chi connectivity index (χ1) is 13.0. The van der Waals surface area contributed by atoms with Gasteiger partial charge in [0.15, 0.2) is 11.5 Å². The number of fused-ring (bicyclic) bond motifs is 1. The van der Waals surface area contributed by atoms with Crippen LogP contribution in [0.1, 0.15) is 10.4 Å². The molecular weight excluding hydrogens is 389 g/mol. The predicted octanol–water partition coefficient (Wildman–Crippen LogP) is 4.42. The second-order valence-corrected chi connectivity index (χ2v) is 6.79. The summed E-state index contributed by atoms with van der Waals surface area (Å²) in [5.41, 5.74) is 1.99. The number of nitrogens with one attached hydrogen (secondary N) is 1. The maximum Gasteiger partial charge on any atom is 0.259 e. The number of hydrogen-bond acceptors (Lipinski definition) is 4. The molecule has 1 amide bonds. The molecule has 2 aromatic carbocycles. The first-order valence-corrected chi connectivity index (χ1v) is 8.97. The highest BCUT2D eigenvalue weighted by Gasteiger charge is 2.21. The first kappa shape index (κ1) is 17.7. The van der Waals surface area contributed by atoms with E-state index < -0.39 is 0 Å². The number of amides is 1. The minimum absolute atomic E-state index is 0.350. The molecule has 8 heteroatoms. The normalized spacial score (nSPS) is 12.7. The average molecular weight is 404 g/mol. The van der Waals surface area contributed by atoms with Crippen molar-refractivity contribution >= 4 is 34.8 Å². The van der Waals surface area contributed by atoms with Gasteiger partial charge in [0.05, 0.1) is 21.3 Å². The summed E-state index contributed by atoms with van der Waals surface area (Å²) in [6.45, 7) is 0.910. The van der Waals surface area contributed by atoms with Crippen molar-refractivity contribution in [2.45, 2.75) is 0 Å². The fraction of sp³-hybridized carbons (Fsp3) is 0.158. The second-order valence-electron chi connectivity index (χ2n) is 5.97. The number of carbonyl (C=O) groups excluding carboxylic acids is 1. The topological polar surface area (TPSA) is 65.4 Å². The molecule has 1 aromatic heterocycles. The molecule has 0 unspecified atom stereocenters. The lowest BCUT2D eigenvalue weighted by molar-refractivity contribution is 0.102. The Bertz CT molecular complexity index is 1030. The van der Waals surface area contributed by atoms with Gasteiger partial charge in [-0.2, -0.15) is 5.10 Å². The van der Waals surface area contributed by atoms with Gasteiger partial charge in [-0.3, -0.25) is 9.48 Å². The zero-order valence-electron chi connectivity index (χ0n) is 14.3. The van der Waals surface area contributed by atoms with Gasteiger partial charge in [0.25, 0.3) is 5.91 Å². The number of aryl methyl sites for hydroxylation is 1.